The summed E-state index contributed by atoms with van der Waals surface area (Å²) in [6.45, 7) is 4.47. The smallest absolute Gasteiger partial charge is 0.251 e. The molecule has 3 rings (SSSR count). The number of nitrogens with one attached hydrogen (secondary N) is 1. The zero-order valence-corrected chi connectivity index (χ0v) is 14.0. The maximum absolute atomic E-state index is 12.6. The number of methoxy groups -OCH3 is 1. The van der Waals surface area contributed by atoms with Gasteiger partial charge >= 0.3 is 0 Å². The first-order valence-corrected chi connectivity index (χ1v) is 8.75. The van der Waals surface area contributed by atoms with E-state index in [1.165, 1.54) is 6.42 Å². The van der Waals surface area contributed by atoms with Gasteiger partial charge in [0.15, 0.2) is 0 Å². The Kier molecular flexibility index (Phi) is 4.23. The van der Waals surface area contributed by atoms with Gasteiger partial charge in [0.25, 0.3) is 5.91 Å². The Balaban J connectivity index is 1.85. The van der Waals surface area contributed by atoms with Crippen LogP contribution in [0.4, 0.5) is 0 Å². The lowest BCUT2D eigenvalue weighted by Gasteiger charge is -2.37. The molecule has 1 amide bonds. The number of amides is 1. The molecule has 3 unspecified atom stereocenters. The molecule has 2 aliphatic carbocycles. The van der Waals surface area contributed by atoms with Crippen LogP contribution in [-0.4, -0.2) is 29.8 Å². The molecule has 22 heavy (non-hydrogen) atoms. The van der Waals surface area contributed by atoms with Crippen molar-refractivity contribution < 1.29 is 14.6 Å². The van der Waals surface area contributed by atoms with Crippen molar-refractivity contribution in [2.45, 2.75) is 70.4 Å². The first-order chi connectivity index (χ1) is 10.5. The summed E-state index contributed by atoms with van der Waals surface area (Å²) in [6, 6.07) is 0. The van der Waals surface area contributed by atoms with Crippen molar-refractivity contribution in [1.82, 2.24) is 5.32 Å². The molecule has 0 saturated heterocycles. The van der Waals surface area contributed by atoms with Gasteiger partial charge in [-0.25, -0.2) is 0 Å². The van der Waals surface area contributed by atoms with Crippen molar-refractivity contribution in [2.75, 3.05) is 7.11 Å². The normalized spacial score (nSPS) is 42.8. The Morgan fingerprint density at radius 3 is 2.50 bits per heavy atom. The van der Waals surface area contributed by atoms with Crippen LogP contribution < -0.4 is 5.32 Å². The fraction of sp³-hybridized carbons (Fsp3) is 0.833. The lowest BCUT2D eigenvalue weighted by molar-refractivity contribution is -0.119. The van der Waals surface area contributed by atoms with Gasteiger partial charge in [0.1, 0.15) is 5.76 Å². The Labute approximate surface area is 133 Å². The van der Waals surface area contributed by atoms with Crippen molar-refractivity contribution in [3.05, 3.63) is 11.3 Å². The first kappa shape index (κ1) is 15.9. The lowest BCUT2D eigenvalue weighted by Crippen LogP contribution is -2.48. The molecular formula is C18H29NO3. The summed E-state index contributed by atoms with van der Waals surface area (Å²) in [5, 5.41) is 14.0. The summed E-state index contributed by atoms with van der Waals surface area (Å²) >= 11 is 0. The topological polar surface area (TPSA) is 58.6 Å². The largest absolute Gasteiger partial charge is 0.509 e. The third-order valence-electron chi connectivity index (χ3n) is 6.25. The molecular weight excluding hydrogens is 278 g/mol. The fourth-order valence-corrected chi connectivity index (χ4v) is 4.67. The summed E-state index contributed by atoms with van der Waals surface area (Å²) in [5.41, 5.74) is 0.178. The number of rotatable bonds is 2. The average molecular weight is 307 g/mol. The first-order valence-electron chi connectivity index (χ1n) is 8.75. The molecule has 2 fully saturated rings. The van der Waals surface area contributed by atoms with Gasteiger partial charge < -0.3 is 15.2 Å². The number of carbonyl (C=O) groups is 1. The molecule has 0 aromatic carbocycles. The van der Waals surface area contributed by atoms with Crippen LogP contribution in [0.3, 0.4) is 0 Å². The molecule has 0 aromatic rings. The third-order valence-corrected chi connectivity index (χ3v) is 6.25. The number of hydrogen-bond acceptors (Lipinski definition) is 3. The van der Waals surface area contributed by atoms with Crippen LogP contribution >= 0.6 is 0 Å². The Morgan fingerprint density at radius 2 is 1.86 bits per heavy atom. The lowest BCUT2D eigenvalue weighted by atomic mass is 9.71. The highest BCUT2D eigenvalue weighted by Gasteiger charge is 2.50. The van der Waals surface area contributed by atoms with Crippen molar-refractivity contribution in [3.63, 3.8) is 0 Å². The minimum absolute atomic E-state index is 0.0284. The van der Waals surface area contributed by atoms with Crippen LogP contribution in [-0.2, 0) is 9.53 Å². The van der Waals surface area contributed by atoms with Gasteiger partial charge in [-0.05, 0) is 56.3 Å². The van der Waals surface area contributed by atoms with E-state index < -0.39 is 5.54 Å². The molecule has 3 aliphatic rings. The second kappa shape index (κ2) is 5.88. The molecule has 3 atom stereocenters. The Bertz CT molecular complexity index is 477. The van der Waals surface area contributed by atoms with Gasteiger partial charge in [0, 0.05) is 7.11 Å². The zero-order valence-electron chi connectivity index (χ0n) is 14.0. The molecule has 0 radical (unpaired) electrons. The molecule has 0 bridgehead atoms. The van der Waals surface area contributed by atoms with Crippen molar-refractivity contribution in [2.24, 2.45) is 17.8 Å². The van der Waals surface area contributed by atoms with Crippen LogP contribution in [0.5, 0.6) is 0 Å². The molecule has 4 heteroatoms. The number of aliphatic hydroxyl groups is 1. The molecule has 0 aromatic heterocycles. The zero-order chi connectivity index (χ0) is 15.9. The number of aliphatic hydroxyl groups excluding tert-OH is 1. The van der Waals surface area contributed by atoms with E-state index in [2.05, 4.69) is 19.2 Å². The maximum Gasteiger partial charge on any atom is 0.251 e. The average Bonchev–Trinajstić information content (AvgIpc) is 2.74. The van der Waals surface area contributed by atoms with E-state index >= 15 is 0 Å². The van der Waals surface area contributed by atoms with Crippen LogP contribution in [0.1, 0.15) is 58.8 Å². The van der Waals surface area contributed by atoms with Crippen molar-refractivity contribution >= 4 is 5.91 Å². The van der Waals surface area contributed by atoms with Crippen molar-refractivity contribution in [3.8, 4) is 0 Å². The van der Waals surface area contributed by atoms with Crippen LogP contribution in [0, 0.1) is 17.8 Å². The van der Waals surface area contributed by atoms with Gasteiger partial charge in [-0.15, -0.1) is 0 Å². The summed E-state index contributed by atoms with van der Waals surface area (Å²) < 4.78 is 5.42. The molecule has 1 aliphatic heterocycles. The number of hydrogen-bond donors (Lipinski definition) is 2. The van der Waals surface area contributed by atoms with E-state index in [-0.39, 0.29) is 17.9 Å². The molecule has 2 N–H and O–H groups in total. The second-order valence-electron chi connectivity index (χ2n) is 7.74. The van der Waals surface area contributed by atoms with E-state index in [1.807, 2.05) is 0 Å². The van der Waals surface area contributed by atoms with Gasteiger partial charge in [-0.1, -0.05) is 20.3 Å². The van der Waals surface area contributed by atoms with Crippen molar-refractivity contribution in [1.29, 1.82) is 0 Å². The second-order valence-corrected chi connectivity index (χ2v) is 7.74. The maximum atomic E-state index is 12.6. The standard InChI is InChI=1S/C18H29NO3/c1-11-4-5-12(2)14(10-11)15-16(20)18(19-17(15)21)8-6-13(22-3)7-9-18/h11-14,20H,4-10H2,1-3H3,(H,19,21). The number of carbonyl (C=O) groups excluding carboxylic acids is 1. The predicted molar refractivity (Wildman–Crippen MR) is 85.5 cm³/mol. The van der Waals surface area contributed by atoms with Crippen LogP contribution in [0.2, 0.25) is 0 Å². The third kappa shape index (κ3) is 2.55. The Hall–Kier alpha value is -1.03. The van der Waals surface area contributed by atoms with E-state index in [9.17, 15) is 9.90 Å². The monoisotopic (exact) mass is 307 g/mol. The van der Waals surface area contributed by atoms with Crippen LogP contribution in [0.15, 0.2) is 11.3 Å². The van der Waals surface area contributed by atoms with Gasteiger partial charge in [-0.2, -0.15) is 0 Å². The minimum Gasteiger partial charge on any atom is -0.509 e. The van der Waals surface area contributed by atoms with E-state index in [0.717, 1.165) is 38.5 Å². The molecule has 2 saturated carbocycles. The van der Waals surface area contributed by atoms with Gasteiger partial charge in [0.05, 0.1) is 17.2 Å². The van der Waals surface area contributed by atoms with E-state index in [0.29, 0.717) is 23.2 Å². The fourth-order valence-electron chi connectivity index (χ4n) is 4.67. The SMILES string of the molecule is COC1CCC2(CC1)NC(=O)C(C1CC(C)CCC1C)=C2O. The van der Waals surface area contributed by atoms with Gasteiger partial charge in [0.2, 0.25) is 0 Å². The molecule has 124 valence electrons. The summed E-state index contributed by atoms with van der Waals surface area (Å²) in [5.74, 6) is 1.64. The highest BCUT2D eigenvalue weighted by atomic mass is 16.5. The van der Waals surface area contributed by atoms with E-state index in [1.54, 1.807) is 7.11 Å². The number of ether oxygens (including phenoxy) is 1. The van der Waals surface area contributed by atoms with Crippen LogP contribution in [0.25, 0.3) is 0 Å². The highest BCUT2D eigenvalue weighted by molar-refractivity contribution is 5.98. The minimum atomic E-state index is -0.512. The Morgan fingerprint density at radius 1 is 1.18 bits per heavy atom. The molecule has 1 heterocycles. The molecule has 1 spiro atoms. The summed E-state index contributed by atoms with van der Waals surface area (Å²) in [6.07, 6.45) is 7.00. The van der Waals surface area contributed by atoms with Gasteiger partial charge in [-0.3, -0.25) is 4.79 Å². The highest BCUT2D eigenvalue weighted by Crippen LogP contribution is 2.45. The quantitative estimate of drug-likeness (QED) is 0.822. The predicted octanol–water partition coefficient (Wildman–Crippen LogP) is 3.33. The molecule has 4 nitrogen and oxygen atoms in total. The summed E-state index contributed by atoms with van der Waals surface area (Å²) in [4.78, 5) is 12.6. The van der Waals surface area contributed by atoms with E-state index in [4.69, 9.17) is 4.74 Å². The summed E-state index contributed by atoms with van der Waals surface area (Å²) in [7, 11) is 1.74.